The van der Waals surface area contributed by atoms with Gasteiger partial charge in [-0.3, -0.25) is 0 Å². The van der Waals surface area contributed by atoms with E-state index in [1.165, 1.54) is 0 Å². The molecule has 1 N–H and O–H groups in total. The molecule has 1 aliphatic rings. The van der Waals surface area contributed by atoms with E-state index in [2.05, 4.69) is 14.7 Å². The molecule has 1 atom stereocenters. The van der Waals surface area contributed by atoms with Gasteiger partial charge >= 0.3 is 6.18 Å². The fourth-order valence-corrected chi connectivity index (χ4v) is 3.10. The molecule has 1 aliphatic heterocycles. The van der Waals surface area contributed by atoms with Crippen LogP contribution in [0, 0.1) is 0 Å². The van der Waals surface area contributed by atoms with Crippen molar-refractivity contribution in [2.45, 2.75) is 51.4 Å². The van der Waals surface area contributed by atoms with E-state index < -0.39 is 12.0 Å². The van der Waals surface area contributed by atoms with Crippen LogP contribution in [0.15, 0.2) is 0 Å². The van der Waals surface area contributed by atoms with Crippen LogP contribution >= 0.6 is 11.5 Å². The van der Waals surface area contributed by atoms with Crippen molar-refractivity contribution in [2.24, 2.45) is 0 Å². The minimum atomic E-state index is -4.47. The highest BCUT2D eigenvalue weighted by Crippen LogP contribution is 2.31. The van der Waals surface area contributed by atoms with Crippen LogP contribution in [0.25, 0.3) is 0 Å². The van der Waals surface area contributed by atoms with Gasteiger partial charge in [0.2, 0.25) is 11.0 Å². The van der Waals surface area contributed by atoms with E-state index in [-0.39, 0.29) is 6.04 Å². The lowest BCUT2D eigenvalue weighted by Crippen LogP contribution is -2.46. The largest absolute Gasteiger partial charge is 0.452 e. The Labute approximate surface area is 120 Å². The van der Waals surface area contributed by atoms with Crippen molar-refractivity contribution in [3.05, 3.63) is 5.82 Å². The lowest BCUT2D eigenvalue weighted by molar-refractivity contribution is -0.144. The molecule has 1 fully saturated rings. The van der Waals surface area contributed by atoms with E-state index in [0.717, 1.165) is 37.3 Å². The molecule has 0 radical (unpaired) electrons. The van der Waals surface area contributed by atoms with Gasteiger partial charge in [0.1, 0.15) is 0 Å². The second-order valence-electron chi connectivity index (χ2n) is 5.29. The van der Waals surface area contributed by atoms with Gasteiger partial charge in [-0.2, -0.15) is 22.5 Å². The Hall–Kier alpha value is -0.890. The highest BCUT2D eigenvalue weighted by atomic mass is 32.1. The maximum atomic E-state index is 12.6. The molecular formula is C12H19F3N4S. The number of aromatic nitrogens is 2. The van der Waals surface area contributed by atoms with Crippen LogP contribution in [0.1, 0.15) is 38.9 Å². The summed E-state index contributed by atoms with van der Waals surface area (Å²) in [6.45, 7) is 5.56. The van der Waals surface area contributed by atoms with Crippen LogP contribution in [-0.4, -0.2) is 34.5 Å². The van der Waals surface area contributed by atoms with Gasteiger partial charge in [0.05, 0.1) is 0 Å². The fourth-order valence-electron chi connectivity index (χ4n) is 2.27. The lowest BCUT2D eigenvalue weighted by Gasteiger charge is -2.32. The summed E-state index contributed by atoms with van der Waals surface area (Å²) in [6, 6.07) is 0.400. The summed E-state index contributed by atoms with van der Waals surface area (Å²) in [4.78, 5) is 5.55. The molecule has 4 nitrogen and oxygen atoms in total. The van der Waals surface area contributed by atoms with Gasteiger partial charge in [0, 0.05) is 30.2 Å². The summed E-state index contributed by atoms with van der Waals surface area (Å²) in [5.41, 5.74) is 0. The normalized spacial score (nSPS) is 20.4. The predicted molar refractivity (Wildman–Crippen MR) is 73.0 cm³/mol. The van der Waals surface area contributed by atoms with Crippen LogP contribution < -0.4 is 10.2 Å². The number of nitrogens with one attached hydrogen (secondary N) is 1. The van der Waals surface area contributed by atoms with Gasteiger partial charge in [-0.05, 0) is 33.2 Å². The third-order valence-corrected chi connectivity index (χ3v) is 4.12. The Balaban J connectivity index is 2.09. The van der Waals surface area contributed by atoms with Gasteiger partial charge in [0.25, 0.3) is 0 Å². The van der Waals surface area contributed by atoms with Crippen LogP contribution in [0.3, 0.4) is 0 Å². The third-order valence-electron chi connectivity index (χ3n) is 3.37. The molecule has 0 spiro atoms. The number of piperidine rings is 1. The van der Waals surface area contributed by atoms with Crippen molar-refractivity contribution in [3.8, 4) is 0 Å². The zero-order valence-electron chi connectivity index (χ0n) is 11.6. The standard InChI is InChI=1S/C12H19F3N4S/c1-8(2)19(7-9-5-3-4-6-16-9)11-17-10(18-20-11)12(13,14)15/h8-9,16H,3-7H2,1-2H3. The highest BCUT2D eigenvalue weighted by molar-refractivity contribution is 7.09. The number of hydrogen-bond acceptors (Lipinski definition) is 5. The molecule has 1 aromatic heterocycles. The zero-order valence-corrected chi connectivity index (χ0v) is 12.4. The topological polar surface area (TPSA) is 41.0 Å². The molecule has 2 heterocycles. The second kappa shape index (κ2) is 6.26. The number of alkyl halides is 3. The van der Waals surface area contributed by atoms with E-state index in [1.54, 1.807) is 0 Å². The molecule has 0 aliphatic carbocycles. The van der Waals surface area contributed by atoms with Crippen LogP contribution in [0.4, 0.5) is 18.3 Å². The van der Waals surface area contributed by atoms with Crippen LogP contribution in [0.5, 0.6) is 0 Å². The minimum Gasteiger partial charge on any atom is -0.343 e. The van der Waals surface area contributed by atoms with Crippen molar-refractivity contribution in [1.29, 1.82) is 0 Å². The maximum absolute atomic E-state index is 12.6. The molecule has 8 heteroatoms. The van der Waals surface area contributed by atoms with E-state index in [1.807, 2.05) is 18.7 Å². The molecule has 1 unspecified atom stereocenters. The van der Waals surface area contributed by atoms with Crippen LogP contribution in [-0.2, 0) is 6.18 Å². The minimum absolute atomic E-state index is 0.0905. The molecule has 0 aromatic carbocycles. The van der Waals surface area contributed by atoms with Crippen LogP contribution in [0.2, 0.25) is 0 Å². The predicted octanol–water partition coefficient (Wildman–Crippen LogP) is 2.91. The first-order valence-corrected chi connectivity index (χ1v) is 7.56. The van der Waals surface area contributed by atoms with Gasteiger partial charge in [-0.15, -0.1) is 0 Å². The van der Waals surface area contributed by atoms with E-state index in [4.69, 9.17) is 0 Å². The quantitative estimate of drug-likeness (QED) is 0.928. The molecule has 1 saturated heterocycles. The molecule has 2 rings (SSSR count). The van der Waals surface area contributed by atoms with Crippen molar-refractivity contribution in [1.82, 2.24) is 14.7 Å². The molecule has 0 saturated carbocycles. The van der Waals surface area contributed by atoms with Gasteiger partial charge in [-0.25, -0.2) is 0 Å². The van der Waals surface area contributed by atoms with Crippen molar-refractivity contribution in [3.63, 3.8) is 0 Å². The smallest absolute Gasteiger partial charge is 0.343 e. The summed E-state index contributed by atoms with van der Waals surface area (Å²) in [5.74, 6) is -1.04. The molecular weight excluding hydrogens is 289 g/mol. The SMILES string of the molecule is CC(C)N(CC1CCCCN1)c1nc(C(F)(F)F)ns1. The van der Waals surface area contributed by atoms with Crippen molar-refractivity contribution in [2.75, 3.05) is 18.0 Å². The number of rotatable bonds is 4. The summed E-state index contributed by atoms with van der Waals surface area (Å²) in [6.07, 6.45) is -1.10. The Kier molecular flexibility index (Phi) is 4.85. The summed E-state index contributed by atoms with van der Waals surface area (Å²) in [5, 5.41) is 3.75. The maximum Gasteiger partial charge on any atom is 0.452 e. The first-order valence-electron chi connectivity index (χ1n) is 6.79. The Morgan fingerprint density at radius 2 is 2.15 bits per heavy atom. The zero-order chi connectivity index (χ0) is 14.8. The highest BCUT2D eigenvalue weighted by Gasteiger charge is 2.37. The average Bonchev–Trinajstić information content (AvgIpc) is 2.86. The molecule has 1 aromatic rings. The Morgan fingerprint density at radius 1 is 1.40 bits per heavy atom. The third kappa shape index (κ3) is 3.82. The number of hydrogen-bond donors (Lipinski definition) is 1. The molecule has 114 valence electrons. The van der Waals surface area contributed by atoms with Gasteiger partial charge in [-0.1, -0.05) is 6.42 Å². The monoisotopic (exact) mass is 308 g/mol. The Morgan fingerprint density at radius 3 is 2.65 bits per heavy atom. The first-order chi connectivity index (χ1) is 9.38. The van der Waals surface area contributed by atoms with E-state index >= 15 is 0 Å². The van der Waals surface area contributed by atoms with Crippen molar-refractivity contribution < 1.29 is 13.2 Å². The fraction of sp³-hybridized carbons (Fsp3) is 0.833. The number of nitrogens with zero attached hydrogens (tertiary/aromatic N) is 3. The van der Waals surface area contributed by atoms with Gasteiger partial charge < -0.3 is 10.2 Å². The summed E-state index contributed by atoms with van der Waals surface area (Å²) >= 11 is 0.818. The molecule has 0 amide bonds. The van der Waals surface area contributed by atoms with Crippen molar-refractivity contribution >= 4 is 16.7 Å². The van der Waals surface area contributed by atoms with Gasteiger partial charge in [0.15, 0.2) is 0 Å². The average molecular weight is 308 g/mol. The molecule has 20 heavy (non-hydrogen) atoms. The number of anilines is 1. The number of halogens is 3. The Bertz CT molecular complexity index is 427. The first kappa shape index (κ1) is 15.5. The second-order valence-corrected chi connectivity index (χ2v) is 6.02. The molecule has 0 bridgehead atoms. The summed E-state index contributed by atoms with van der Waals surface area (Å²) < 4.78 is 41.2. The summed E-state index contributed by atoms with van der Waals surface area (Å²) in [7, 11) is 0. The van der Waals surface area contributed by atoms with E-state index in [0.29, 0.717) is 17.7 Å². The lowest BCUT2D eigenvalue weighted by atomic mass is 10.0. The van der Waals surface area contributed by atoms with E-state index in [9.17, 15) is 13.2 Å².